The average Bonchev–Trinajstić information content (AvgIpc) is 2.98. The Bertz CT molecular complexity index is 726. The molecule has 0 aliphatic carbocycles. The minimum atomic E-state index is 0.364. The molecule has 0 aromatic carbocycles. The summed E-state index contributed by atoms with van der Waals surface area (Å²) < 4.78 is 6.15. The van der Waals surface area contributed by atoms with E-state index < -0.39 is 0 Å². The molecule has 3 aromatic rings. The average molecular weight is 332 g/mol. The van der Waals surface area contributed by atoms with Crippen LogP contribution in [0.2, 0.25) is 0 Å². The highest BCUT2D eigenvalue weighted by molar-refractivity contribution is 9.10. The number of rotatable bonds is 3. The van der Waals surface area contributed by atoms with E-state index in [0.29, 0.717) is 24.0 Å². The van der Waals surface area contributed by atoms with Crippen molar-refractivity contribution in [3.8, 4) is 23.0 Å². The van der Waals surface area contributed by atoms with Crippen molar-refractivity contribution in [3.63, 3.8) is 0 Å². The van der Waals surface area contributed by atoms with Crippen LogP contribution < -0.4 is 5.73 Å². The van der Waals surface area contributed by atoms with E-state index in [1.165, 1.54) is 0 Å². The molecule has 0 fully saturated rings. The zero-order chi connectivity index (χ0) is 13.9. The highest BCUT2D eigenvalue weighted by atomic mass is 79.9. The number of nitrogens with two attached hydrogens (primary N) is 1. The third kappa shape index (κ3) is 2.59. The van der Waals surface area contributed by atoms with Crippen LogP contribution in [0.3, 0.4) is 0 Å². The Kier molecular flexibility index (Phi) is 3.53. The first-order valence-corrected chi connectivity index (χ1v) is 6.66. The second kappa shape index (κ2) is 5.48. The van der Waals surface area contributed by atoms with Crippen molar-refractivity contribution in [2.75, 3.05) is 0 Å². The number of nitrogens with zero attached hydrogens (tertiary/aromatic N) is 4. The molecule has 0 bridgehead atoms. The molecule has 0 spiro atoms. The maximum Gasteiger partial charge on any atom is 0.258 e. The first-order valence-electron chi connectivity index (χ1n) is 5.87. The number of hydrogen-bond donors (Lipinski definition) is 1. The van der Waals surface area contributed by atoms with Gasteiger partial charge in [-0.25, -0.2) is 0 Å². The largest absolute Gasteiger partial charge is 0.334 e. The van der Waals surface area contributed by atoms with E-state index in [0.717, 1.165) is 15.7 Å². The van der Waals surface area contributed by atoms with E-state index in [1.54, 1.807) is 18.5 Å². The fraction of sp³-hybridized carbons (Fsp3) is 0.0769. The van der Waals surface area contributed by atoms with Gasteiger partial charge in [-0.05, 0) is 40.2 Å². The van der Waals surface area contributed by atoms with E-state index >= 15 is 0 Å². The minimum Gasteiger partial charge on any atom is -0.334 e. The van der Waals surface area contributed by atoms with Gasteiger partial charge < -0.3 is 10.3 Å². The summed E-state index contributed by atoms with van der Waals surface area (Å²) in [6.07, 6.45) is 3.35. The molecule has 100 valence electrons. The third-order valence-corrected chi connectivity index (χ3v) is 3.12. The molecule has 3 heterocycles. The molecule has 0 unspecified atom stereocenters. The molecule has 0 saturated heterocycles. The Hall–Kier alpha value is -2.12. The van der Waals surface area contributed by atoms with E-state index in [4.69, 9.17) is 10.3 Å². The fourth-order valence-corrected chi connectivity index (χ4v) is 1.91. The molecule has 0 amide bonds. The molecule has 0 radical (unpaired) electrons. The Morgan fingerprint density at radius 1 is 1.20 bits per heavy atom. The molecule has 3 rings (SSSR count). The summed E-state index contributed by atoms with van der Waals surface area (Å²) in [6.45, 7) is 0.364. The van der Waals surface area contributed by atoms with Crippen LogP contribution in [0.5, 0.6) is 0 Å². The van der Waals surface area contributed by atoms with Crippen molar-refractivity contribution in [2.24, 2.45) is 5.73 Å². The monoisotopic (exact) mass is 331 g/mol. The Morgan fingerprint density at radius 3 is 2.85 bits per heavy atom. The Labute approximate surface area is 123 Å². The van der Waals surface area contributed by atoms with E-state index in [-0.39, 0.29) is 0 Å². The molecule has 20 heavy (non-hydrogen) atoms. The van der Waals surface area contributed by atoms with Gasteiger partial charge >= 0.3 is 0 Å². The van der Waals surface area contributed by atoms with E-state index in [1.807, 2.05) is 18.2 Å². The molecular formula is C13H10BrN5O. The second-order valence-electron chi connectivity index (χ2n) is 4.02. The lowest BCUT2D eigenvalue weighted by Crippen LogP contribution is -1.98. The van der Waals surface area contributed by atoms with Crippen molar-refractivity contribution in [1.29, 1.82) is 0 Å². The number of pyridine rings is 2. The summed E-state index contributed by atoms with van der Waals surface area (Å²) in [5.41, 5.74) is 7.77. The molecule has 7 heteroatoms. The highest BCUT2D eigenvalue weighted by Gasteiger charge is 2.12. The summed E-state index contributed by atoms with van der Waals surface area (Å²) >= 11 is 3.33. The normalized spacial score (nSPS) is 10.7. The van der Waals surface area contributed by atoms with Gasteiger partial charge in [0, 0.05) is 29.0 Å². The van der Waals surface area contributed by atoms with Gasteiger partial charge in [0.1, 0.15) is 5.69 Å². The van der Waals surface area contributed by atoms with Crippen LogP contribution in [0.4, 0.5) is 0 Å². The van der Waals surface area contributed by atoms with Crippen LogP contribution in [0.15, 0.2) is 45.7 Å². The standard InChI is InChI=1S/C13H10BrN5O/c14-9-1-2-11(17-7-9)12-18-13(20-19-12)8-3-4-16-10(5-8)6-15/h1-5,7H,6,15H2. The predicted molar refractivity (Wildman–Crippen MR) is 76.4 cm³/mol. The Morgan fingerprint density at radius 2 is 2.10 bits per heavy atom. The first-order chi connectivity index (χ1) is 9.76. The van der Waals surface area contributed by atoms with Crippen LogP contribution in [-0.2, 0) is 6.54 Å². The van der Waals surface area contributed by atoms with Gasteiger partial charge in [0.05, 0.1) is 5.69 Å². The maximum atomic E-state index is 5.56. The lowest BCUT2D eigenvalue weighted by molar-refractivity contribution is 0.432. The lowest BCUT2D eigenvalue weighted by atomic mass is 10.2. The van der Waals surface area contributed by atoms with Gasteiger partial charge in [0.2, 0.25) is 5.82 Å². The molecule has 6 nitrogen and oxygen atoms in total. The van der Waals surface area contributed by atoms with Gasteiger partial charge in [0.15, 0.2) is 0 Å². The van der Waals surface area contributed by atoms with Crippen LogP contribution in [0.1, 0.15) is 5.69 Å². The smallest absolute Gasteiger partial charge is 0.258 e. The molecular weight excluding hydrogens is 322 g/mol. The summed E-state index contributed by atoms with van der Waals surface area (Å²) in [7, 11) is 0. The molecule has 3 aromatic heterocycles. The van der Waals surface area contributed by atoms with Gasteiger partial charge in [-0.15, -0.1) is 0 Å². The zero-order valence-electron chi connectivity index (χ0n) is 10.3. The van der Waals surface area contributed by atoms with Crippen molar-refractivity contribution in [2.45, 2.75) is 6.54 Å². The predicted octanol–water partition coefficient (Wildman–Crippen LogP) is 2.41. The van der Waals surface area contributed by atoms with Crippen LogP contribution in [0.25, 0.3) is 23.0 Å². The van der Waals surface area contributed by atoms with Crippen molar-refractivity contribution < 1.29 is 4.52 Å². The summed E-state index contributed by atoms with van der Waals surface area (Å²) in [5.74, 6) is 0.862. The van der Waals surface area contributed by atoms with Crippen molar-refractivity contribution >= 4 is 15.9 Å². The zero-order valence-corrected chi connectivity index (χ0v) is 11.9. The van der Waals surface area contributed by atoms with Gasteiger partial charge in [0.25, 0.3) is 5.89 Å². The first kappa shape index (κ1) is 12.9. The third-order valence-electron chi connectivity index (χ3n) is 2.66. The van der Waals surface area contributed by atoms with Crippen LogP contribution >= 0.6 is 15.9 Å². The molecule has 0 aliphatic heterocycles. The second-order valence-corrected chi connectivity index (χ2v) is 4.94. The van der Waals surface area contributed by atoms with Gasteiger partial charge in [-0.3, -0.25) is 9.97 Å². The van der Waals surface area contributed by atoms with Crippen molar-refractivity contribution in [3.05, 3.63) is 46.8 Å². The van der Waals surface area contributed by atoms with Crippen LogP contribution in [-0.4, -0.2) is 20.1 Å². The molecule has 2 N–H and O–H groups in total. The molecule has 0 aliphatic rings. The SMILES string of the molecule is NCc1cc(-c2nc(-c3ccc(Br)cn3)no2)ccn1. The number of halogens is 1. The molecule has 0 saturated carbocycles. The van der Waals surface area contributed by atoms with Crippen LogP contribution in [0, 0.1) is 0 Å². The molecule has 0 atom stereocenters. The summed E-state index contributed by atoms with van der Waals surface area (Å²) in [5, 5.41) is 3.93. The lowest BCUT2D eigenvalue weighted by Gasteiger charge is -1.97. The topological polar surface area (TPSA) is 90.7 Å². The number of aromatic nitrogens is 4. The van der Waals surface area contributed by atoms with E-state index in [2.05, 4.69) is 36.0 Å². The van der Waals surface area contributed by atoms with Gasteiger partial charge in [-0.1, -0.05) is 5.16 Å². The van der Waals surface area contributed by atoms with Gasteiger partial charge in [-0.2, -0.15) is 4.98 Å². The maximum absolute atomic E-state index is 5.56. The summed E-state index contributed by atoms with van der Waals surface area (Å²) in [4.78, 5) is 12.7. The summed E-state index contributed by atoms with van der Waals surface area (Å²) in [6, 6.07) is 7.31. The van der Waals surface area contributed by atoms with E-state index in [9.17, 15) is 0 Å². The Balaban J connectivity index is 1.95. The van der Waals surface area contributed by atoms with Crippen molar-refractivity contribution in [1.82, 2.24) is 20.1 Å². The minimum absolute atomic E-state index is 0.364. The highest BCUT2D eigenvalue weighted by Crippen LogP contribution is 2.21. The fourth-order valence-electron chi connectivity index (χ4n) is 1.68. The number of hydrogen-bond acceptors (Lipinski definition) is 6. The quantitative estimate of drug-likeness (QED) is 0.792.